The van der Waals surface area contributed by atoms with Gasteiger partial charge in [0, 0.05) is 17.6 Å². The molecule has 5 aromatic rings. The van der Waals surface area contributed by atoms with Crippen molar-refractivity contribution in [2.75, 3.05) is 7.11 Å². The van der Waals surface area contributed by atoms with Crippen LogP contribution in [0.2, 0.25) is 0 Å². The summed E-state index contributed by atoms with van der Waals surface area (Å²) in [7, 11) is 1.65. The number of ether oxygens (including phenoxy) is 1. The van der Waals surface area contributed by atoms with Crippen molar-refractivity contribution in [2.24, 2.45) is 0 Å². The summed E-state index contributed by atoms with van der Waals surface area (Å²) in [5.41, 5.74) is 2.90. The zero-order valence-corrected chi connectivity index (χ0v) is 23.0. The highest BCUT2D eigenvalue weighted by Crippen LogP contribution is 2.33. The number of nitrogens with one attached hydrogen (secondary N) is 1. The van der Waals surface area contributed by atoms with Gasteiger partial charge in [0.2, 0.25) is 0 Å². The van der Waals surface area contributed by atoms with Gasteiger partial charge < -0.3 is 14.1 Å². The number of pyridine rings is 1. The van der Waals surface area contributed by atoms with Gasteiger partial charge in [-0.05, 0) is 90.5 Å². The van der Waals surface area contributed by atoms with E-state index in [1.165, 1.54) is 0 Å². The van der Waals surface area contributed by atoms with Crippen molar-refractivity contribution in [3.05, 3.63) is 106 Å². The highest BCUT2D eigenvalue weighted by molar-refractivity contribution is 5.79. The Hall–Kier alpha value is -4.24. The van der Waals surface area contributed by atoms with Crippen LogP contribution in [-0.4, -0.2) is 37.2 Å². The van der Waals surface area contributed by atoms with Crippen molar-refractivity contribution in [1.29, 1.82) is 0 Å². The van der Waals surface area contributed by atoms with Gasteiger partial charge >= 0.3 is 0 Å². The summed E-state index contributed by atoms with van der Waals surface area (Å²) in [6, 6.07) is 19.1. The number of benzene rings is 2. The van der Waals surface area contributed by atoms with E-state index < -0.39 is 6.04 Å². The zero-order valence-electron chi connectivity index (χ0n) is 23.0. The number of nitrogens with zero attached hydrogens (tertiary/aromatic N) is 5. The number of aromatic amines is 1. The lowest BCUT2D eigenvalue weighted by Gasteiger charge is -2.33. The molecule has 0 fully saturated rings. The molecule has 1 N–H and O–H groups in total. The molecule has 9 heteroatoms. The minimum Gasteiger partial charge on any atom is -0.497 e. The smallest absolute Gasteiger partial charge is 0.253 e. The summed E-state index contributed by atoms with van der Waals surface area (Å²) in [5, 5.41) is 13.9. The Balaban J connectivity index is 1.73. The van der Waals surface area contributed by atoms with Crippen LogP contribution in [0.3, 0.4) is 0 Å². The third kappa shape index (κ3) is 5.49. The van der Waals surface area contributed by atoms with E-state index in [4.69, 9.17) is 9.15 Å². The number of H-pyrrole nitrogens is 1. The molecule has 3 heterocycles. The van der Waals surface area contributed by atoms with Crippen LogP contribution in [0.1, 0.15) is 61.5 Å². The van der Waals surface area contributed by atoms with Crippen molar-refractivity contribution < 1.29 is 9.15 Å². The van der Waals surface area contributed by atoms with E-state index in [0.717, 1.165) is 40.0 Å². The monoisotopic (exact) mass is 526 g/mol. The number of methoxy groups -OCH3 is 1. The van der Waals surface area contributed by atoms with E-state index in [9.17, 15) is 4.79 Å². The third-order valence-electron chi connectivity index (χ3n) is 7.33. The fourth-order valence-electron chi connectivity index (χ4n) is 4.83. The fraction of sp³-hybridized carbons (Fsp3) is 0.333. The minimum atomic E-state index is -0.573. The Morgan fingerprint density at radius 1 is 1.10 bits per heavy atom. The standard InChI is InChI=1S/C30H34N6O3/c1-6-30(3,4)36-28(32-33-34-36)27(25-17-22-13-12-20(2)15-26(22)31-29(25)37)35(19-24-11-8-14-39-24)18-21-9-7-10-23(16-21)38-5/h7-17,27H,6,18-19H2,1-5H3,(H,31,37)/t27-/m1/s1. The first-order valence-electron chi connectivity index (χ1n) is 13.1. The van der Waals surface area contributed by atoms with Crippen LogP contribution in [0, 0.1) is 6.92 Å². The minimum absolute atomic E-state index is 0.183. The molecule has 0 spiro atoms. The van der Waals surface area contributed by atoms with Gasteiger partial charge in [-0.2, -0.15) is 0 Å². The fourth-order valence-corrected chi connectivity index (χ4v) is 4.83. The molecule has 202 valence electrons. The Morgan fingerprint density at radius 3 is 2.69 bits per heavy atom. The van der Waals surface area contributed by atoms with Crippen LogP contribution in [0.15, 0.2) is 76.1 Å². The molecule has 9 nitrogen and oxygen atoms in total. The van der Waals surface area contributed by atoms with Crippen LogP contribution in [0.4, 0.5) is 0 Å². The summed E-state index contributed by atoms with van der Waals surface area (Å²) in [4.78, 5) is 19.0. The number of fused-ring (bicyclic) bond motifs is 1. The van der Waals surface area contributed by atoms with Gasteiger partial charge in [-0.25, -0.2) is 4.68 Å². The van der Waals surface area contributed by atoms with Crippen molar-refractivity contribution >= 4 is 10.9 Å². The predicted molar refractivity (Wildman–Crippen MR) is 150 cm³/mol. The van der Waals surface area contributed by atoms with Gasteiger partial charge in [-0.3, -0.25) is 9.69 Å². The van der Waals surface area contributed by atoms with E-state index >= 15 is 0 Å². The lowest BCUT2D eigenvalue weighted by Crippen LogP contribution is -2.38. The molecule has 1 atom stereocenters. The molecule has 0 saturated heterocycles. The Morgan fingerprint density at radius 2 is 1.95 bits per heavy atom. The summed E-state index contributed by atoms with van der Waals surface area (Å²) in [6.45, 7) is 9.22. The number of aryl methyl sites for hydroxylation is 1. The molecule has 0 amide bonds. The van der Waals surface area contributed by atoms with E-state index in [-0.39, 0.29) is 11.1 Å². The van der Waals surface area contributed by atoms with Crippen LogP contribution in [-0.2, 0) is 18.6 Å². The molecule has 0 aliphatic heterocycles. The van der Waals surface area contributed by atoms with Crippen molar-refractivity contribution in [3.63, 3.8) is 0 Å². The summed E-state index contributed by atoms with van der Waals surface area (Å²) < 4.78 is 13.1. The Kier molecular flexibility index (Phi) is 7.34. The molecule has 0 aliphatic rings. The summed E-state index contributed by atoms with van der Waals surface area (Å²) in [5.74, 6) is 2.12. The first-order chi connectivity index (χ1) is 18.8. The molecule has 0 saturated carbocycles. The number of aromatic nitrogens is 5. The molecular weight excluding hydrogens is 492 g/mol. The first kappa shape index (κ1) is 26.4. The van der Waals surface area contributed by atoms with E-state index in [1.807, 2.05) is 72.3 Å². The predicted octanol–water partition coefficient (Wildman–Crippen LogP) is 5.36. The first-order valence-corrected chi connectivity index (χ1v) is 13.1. The maximum absolute atomic E-state index is 13.8. The lowest BCUT2D eigenvalue weighted by molar-refractivity contribution is 0.168. The number of hydrogen-bond acceptors (Lipinski definition) is 7. The molecular formula is C30H34N6O3. The quantitative estimate of drug-likeness (QED) is 0.261. The maximum Gasteiger partial charge on any atom is 0.253 e. The van der Waals surface area contributed by atoms with Crippen LogP contribution in [0.5, 0.6) is 5.75 Å². The SMILES string of the molecule is CCC(C)(C)n1nnnc1[C@@H](c1cc2ccc(C)cc2[nH]c1=O)N(Cc1cccc(OC)c1)Cc1ccco1. The average molecular weight is 527 g/mol. The molecule has 0 bridgehead atoms. The molecule has 0 radical (unpaired) electrons. The van der Waals surface area contributed by atoms with Gasteiger partial charge in [-0.15, -0.1) is 5.10 Å². The van der Waals surface area contributed by atoms with Crippen LogP contribution >= 0.6 is 0 Å². The van der Waals surface area contributed by atoms with Gasteiger partial charge in [-0.1, -0.05) is 31.2 Å². The van der Waals surface area contributed by atoms with Crippen molar-refractivity contribution in [3.8, 4) is 5.75 Å². The average Bonchev–Trinajstić information content (AvgIpc) is 3.62. The topological polar surface area (TPSA) is 102 Å². The summed E-state index contributed by atoms with van der Waals surface area (Å²) in [6.07, 6.45) is 2.46. The van der Waals surface area contributed by atoms with E-state index in [2.05, 4.69) is 46.2 Å². The zero-order chi connectivity index (χ0) is 27.6. The Labute approximate surface area is 227 Å². The van der Waals surface area contributed by atoms with Crippen LogP contribution < -0.4 is 10.3 Å². The molecule has 0 unspecified atom stereocenters. The van der Waals surface area contributed by atoms with Crippen molar-refractivity contribution in [2.45, 2.75) is 58.8 Å². The number of rotatable bonds is 10. The molecule has 2 aromatic carbocycles. The normalized spacial score (nSPS) is 12.8. The van der Waals surface area contributed by atoms with Gasteiger partial charge in [0.25, 0.3) is 5.56 Å². The van der Waals surface area contributed by atoms with E-state index in [0.29, 0.717) is 24.5 Å². The number of furan rings is 1. The van der Waals surface area contributed by atoms with Crippen molar-refractivity contribution in [1.82, 2.24) is 30.1 Å². The van der Waals surface area contributed by atoms with Gasteiger partial charge in [0.1, 0.15) is 17.6 Å². The highest BCUT2D eigenvalue weighted by Gasteiger charge is 2.35. The number of tetrazole rings is 1. The highest BCUT2D eigenvalue weighted by atomic mass is 16.5. The van der Waals surface area contributed by atoms with Gasteiger partial charge in [0.05, 0.1) is 25.5 Å². The Bertz CT molecular complexity index is 1620. The largest absolute Gasteiger partial charge is 0.497 e. The second-order valence-corrected chi connectivity index (χ2v) is 10.5. The third-order valence-corrected chi connectivity index (χ3v) is 7.33. The lowest BCUT2D eigenvalue weighted by atomic mass is 9.98. The second kappa shape index (κ2) is 10.9. The molecule has 0 aliphatic carbocycles. The van der Waals surface area contributed by atoms with Gasteiger partial charge in [0.15, 0.2) is 5.82 Å². The maximum atomic E-state index is 13.8. The van der Waals surface area contributed by atoms with E-state index in [1.54, 1.807) is 13.4 Å². The molecule has 5 rings (SSSR count). The summed E-state index contributed by atoms with van der Waals surface area (Å²) >= 11 is 0. The molecule has 39 heavy (non-hydrogen) atoms. The van der Waals surface area contributed by atoms with Crippen LogP contribution in [0.25, 0.3) is 10.9 Å². The second-order valence-electron chi connectivity index (χ2n) is 10.5. The molecule has 3 aromatic heterocycles. The number of hydrogen-bond donors (Lipinski definition) is 1.